The van der Waals surface area contributed by atoms with Gasteiger partial charge >= 0.3 is 6.09 Å². The van der Waals surface area contributed by atoms with Crippen molar-refractivity contribution in [1.82, 2.24) is 0 Å². The van der Waals surface area contributed by atoms with Crippen molar-refractivity contribution >= 4 is 29.1 Å². The Morgan fingerprint density at radius 3 is 2.45 bits per heavy atom. The van der Waals surface area contributed by atoms with Crippen molar-refractivity contribution in [1.29, 1.82) is 5.26 Å². The maximum Gasteiger partial charge on any atom is 0.412 e. The number of ether oxygens (including phenoxy) is 3. The molecule has 5 N–H and O–H groups in total. The number of nitrogens with zero attached hydrogens (tertiary/aromatic N) is 1. The van der Waals surface area contributed by atoms with Crippen LogP contribution in [0.5, 0.6) is 5.75 Å². The summed E-state index contributed by atoms with van der Waals surface area (Å²) in [6.07, 6.45) is -0.0314. The Kier molecular flexibility index (Phi) is 10.2. The second-order valence-corrected chi connectivity index (χ2v) is 7.89. The van der Waals surface area contributed by atoms with E-state index in [4.69, 9.17) is 25.2 Å². The largest absolute Gasteiger partial charge is 0.491 e. The molecule has 0 spiro atoms. The van der Waals surface area contributed by atoms with Crippen LogP contribution < -0.4 is 21.1 Å². The lowest BCUT2D eigenvalue weighted by atomic mass is 10.0. The number of hydrogen-bond donors (Lipinski definition) is 4. The van der Waals surface area contributed by atoms with Crippen molar-refractivity contribution in [3.8, 4) is 11.8 Å². The molecule has 2 atom stereocenters. The molecule has 0 aliphatic rings. The monoisotopic (exact) mass is 516 g/mol. The molecule has 2 amide bonds. The highest BCUT2D eigenvalue weighted by Gasteiger charge is 2.28. The second kappa shape index (κ2) is 14.0. The molecule has 0 aromatic heterocycles. The molecular weight excluding hydrogens is 488 g/mol. The number of rotatable bonds is 11. The van der Waals surface area contributed by atoms with Crippen LogP contribution in [0.25, 0.3) is 0 Å². The number of para-hydroxylation sites is 3. The van der Waals surface area contributed by atoms with E-state index in [0.29, 0.717) is 33.9 Å². The summed E-state index contributed by atoms with van der Waals surface area (Å²) in [5, 5.41) is 23.5. The maximum atomic E-state index is 12.9. The first-order chi connectivity index (χ1) is 18.4. The van der Waals surface area contributed by atoms with Gasteiger partial charge in [-0.05, 0) is 48.5 Å². The predicted molar refractivity (Wildman–Crippen MR) is 142 cm³/mol. The number of carbonyl (C=O) groups excluding carboxylic acids is 2. The van der Waals surface area contributed by atoms with Crippen molar-refractivity contribution in [2.24, 2.45) is 0 Å². The molecule has 0 saturated carbocycles. The van der Waals surface area contributed by atoms with Crippen LogP contribution in [0.3, 0.4) is 0 Å². The molecule has 3 aromatic rings. The summed E-state index contributed by atoms with van der Waals surface area (Å²) in [7, 11) is 1.41. The lowest BCUT2D eigenvalue weighted by Gasteiger charge is -2.26. The van der Waals surface area contributed by atoms with Crippen LogP contribution in [0.1, 0.15) is 17.2 Å². The van der Waals surface area contributed by atoms with E-state index in [-0.39, 0.29) is 13.2 Å². The number of benzene rings is 3. The summed E-state index contributed by atoms with van der Waals surface area (Å²) in [5.41, 5.74) is 8.07. The van der Waals surface area contributed by atoms with Gasteiger partial charge in [0.1, 0.15) is 18.5 Å². The molecule has 0 aliphatic heterocycles. The van der Waals surface area contributed by atoms with Gasteiger partial charge in [-0.3, -0.25) is 10.1 Å². The van der Waals surface area contributed by atoms with Crippen molar-refractivity contribution in [2.45, 2.75) is 12.2 Å². The molecule has 0 aliphatic carbocycles. The Hall–Kier alpha value is -4.85. The summed E-state index contributed by atoms with van der Waals surface area (Å²) in [5.74, 6) is -0.0924. The number of nitrogens with one attached hydrogen (secondary N) is 2. The Bertz CT molecular complexity index is 1300. The van der Waals surface area contributed by atoms with Gasteiger partial charge in [-0.15, -0.1) is 0 Å². The van der Waals surface area contributed by atoms with E-state index in [1.165, 1.54) is 19.3 Å². The minimum Gasteiger partial charge on any atom is -0.491 e. The summed E-state index contributed by atoms with van der Waals surface area (Å²) in [6, 6.07) is 21.9. The molecule has 3 rings (SSSR count). The van der Waals surface area contributed by atoms with Crippen LogP contribution in [0.4, 0.5) is 21.9 Å². The number of nitrogens with two attached hydrogens (primary N) is 1. The van der Waals surface area contributed by atoms with Gasteiger partial charge in [0, 0.05) is 24.4 Å². The first-order valence-corrected chi connectivity index (χ1v) is 11.6. The van der Waals surface area contributed by atoms with Crippen molar-refractivity contribution in [2.75, 3.05) is 36.7 Å². The smallest absolute Gasteiger partial charge is 0.412 e. The van der Waals surface area contributed by atoms with Crippen LogP contribution in [0, 0.1) is 11.3 Å². The van der Waals surface area contributed by atoms with Gasteiger partial charge in [-0.25, -0.2) is 4.79 Å². The number of nitriles is 1. The second-order valence-electron chi connectivity index (χ2n) is 7.89. The minimum atomic E-state index is -1.04. The van der Waals surface area contributed by atoms with Gasteiger partial charge in [0.2, 0.25) is 5.91 Å². The van der Waals surface area contributed by atoms with E-state index in [0.717, 1.165) is 0 Å². The van der Waals surface area contributed by atoms with Crippen LogP contribution in [0.15, 0.2) is 84.9 Å². The lowest BCUT2D eigenvalue weighted by Crippen LogP contribution is -2.27. The van der Waals surface area contributed by atoms with E-state index in [9.17, 15) is 14.7 Å². The zero-order chi connectivity index (χ0) is 27.3. The Balaban J connectivity index is 1.85. The summed E-state index contributed by atoms with van der Waals surface area (Å²) in [4.78, 5) is 25.4. The third-order valence-electron chi connectivity index (χ3n) is 5.30. The predicted octanol–water partition coefficient (Wildman–Crippen LogP) is 4.01. The van der Waals surface area contributed by atoms with Crippen LogP contribution in [-0.2, 0) is 14.3 Å². The molecule has 0 heterocycles. The normalized spacial score (nSPS) is 12.2. The number of amides is 2. The number of aliphatic hydroxyl groups excluding tert-OH is 1. The van der Waals surface area contributed by atoms with Crippen LogP contribution >= 0.6 is 0 Å². The van der Waals surface area contributed by atoms with Gasteiger partial charge in [-0.2, -0.15) is 5.26 Å². The number of hydrogen-bond acceptors (Lipinski definition) is 8. The average Bonchev–Trinajstić information content (AvgIpc) is 2.93. The maximum absolute atomic E-state index is 12.9. The Morgan fingerprint density at radius 1 is 1.05 bits per heavy atom. The lowest BCUT2D eigenvalue weighted by molar-refractivity contribution is -0.112. The third kappa shape index (κ3) is 7.83. The van der Waals surface area contributed by atoms with Gasteiger partial charge in [0.15, 0.2) is 6.10 Å². The molecule has 0 saturated heterocycles. The molecule has 196 valence electrons. The quantitative estimate of drug-likeness (QED) is 0.220. The highest BCUT2D eigenvalue weighted by atomic mass is 16.6. The van der Waals surface area contributed by atoms with Crippen LogP contribution in [-0.4, -0.2) is 43.5 Å². The van der Waals surface area contributed by atoms with E-state index in [1.54, 1.807) is 72.8 Å². The van der Waals surface area contributed by atoms with Gasteiger partial charge in [0.05, 0.1) is 29.6 Å². The topological polar surface area (TPSA) is 156 Å². The van der Waals surface area contributed by atoms with Gasteiger partial charge in [-0.1, -0.05) is 30.3 Å². The summed E-state index contributed by atoms with van der Waals surface area (Å²) in [6.45, 7) is -0.189. The van der Waals surface area contributed by atoms with Crippen molar-refractivity contribution < 1.29 is 28.9 Å². The summed E-state index contributed by atoms with van der Waals surface area (Å²) >= 11 is 0. The van der Waals surface area contributed by atoms with E-state index < -0.39 is 24.2 Å². The number of aliphatic hydroxyl groups is 1. The zero-order valence-electron chi connectivity index (χ0n) is 20.7. The molecular formula is C28H28N4O6. The molecule has 3 aromatic carbocycles. The molecule has 0 bridgehead atoms. The molecule has 0 radical (unpaired) electrons. The van der Waals surface area contributed by atoms with Crippen molar-refractivity contribution in [3.05, 3.63) is 96.1 Å². The molecule has 10 nitrogen and oxygen atoms in total. The summed E-state index contributed by atoms with van der Waals surface area (Å²) < 4.78 is 17.0. The molecule has 0 unspecified atom stereocenters. The number of methoxy groups -OCH3 is 1. The SMILES string of the molecule is CO[C@H](/C=C/C(=O)Nc1ccccc1N)[C@H](OC(=O)Nc1ccc(C#N)cc1)c1ccccc1OCCO. The van der Waals surface area contributed by atoms with Crippen molar-refractivity contribution in [3.63, 3.8) is 0 Å². The van der Waals surface area contributed by atoms with Crippen LogP contribution in [0.2, 0.25) is 0 Å². The fourth-order valence-electron chi connectivity index (χ4n) is 3.47. The third-order valence-corrected chi connectivity index (χ3v) is 5.30. The van der Waals surface area contributed by atoms with Gasteiger partial charge in [0.25, 0.3) is 0 Å². The number of carbonyl (C=O) groups is 2. The van der Waals surface area contributed by atoms with E-state index >= 15 is 0 Å². The Labute approximate surface area is 220 Å². The number of nitrogen functional groups attached to an aromatic ring is 1. The highest BCUT2D eigenvalue weighted by molar-refractivity contribution is 6.01. The van der Waals surface area contributed by atoms with E-state index in [1.807, 2.05) is 6.07 Å². The zero-order valence-corrected chi connectivity index (χ0v) is 20.7. The fourth-order valence-corrected chi connectivity index (χ4v) is 3.47. The first kappa shape index (κ1) is 27.7. The average molecular weight is 517 g/mol. The Morgan fingerprint density at radius 2 is 1.76 bits per heavy atom. The molecule has 38 heavy (non-hydrogen) atoms. The fraction of sp³-hybridized carbons (Fsp3) is 0.179. The standard InChI is InChI=1S/C28H28N4O6/c1-36-25(14-15-26(34)32-23-8-4-3-7-22(23)30)27(21-6-2-5-9-24(21)37-17-16-33)38-28(35)31-20-12-10-19(18-29)11-13-20/h2-15,25,27,33H,16-17,30H2,1H3,(H,31,35)(H,32,34)/b15-14+/t25-,27-/m1/s1. The van der Waals surface area contributed by atoms with E-state index in [2.05, 4.69) is 10.6 Å². The first-order valence-electron chi connectivity index (χ1n) is 11.6. The highest BCUT2D eigenvalue weighted by Crippen LogP contribution is 2.32. The molecule has 0 fully saturated rings. The van der Waals surface area contributed by atoms with Gasteiger partial charge < -0.3 is 30.4 Å². The molecule has 10 heteroatoms. The number of anilines is 3. The minimum absolute atomic E-state index is 0.0234.